The molecular formula is C11H21N3O4. The third-order valence-electron chi connectivity index (χ3n) is 2.76. The minimum Gasteiger partial charge on any atom is -0.480 e. The van der Waals surface area contributed by atoms with Gasteiger partial charge in [-0.1, -0.05) is 0 Å². The molecule has 0 aromatic carbocycles. The van der Waals surface area contributed by atoms with Gasteiger partial charge in [0.2, 0.25) is 0 Å². The Bertz CT molecular complexity index is 279. The van der Waals surface area contributed by atoms with Gasteiger partial charge in [-0.25, -0.2) is 4.79 Å². The van der Waals surface area contributed by atoms with Crippen LogP contribution in [0.25, 0.3) is 0 Å². The topological polar surface area (TPSA) is 90.9 Å². The molecule has 0 bridgehead atoms. The maximum atomic E-state index is 11.3. The molecule has 0 unspecified atom stereocenters. The van der Waals surface area contributed by atoms with E-state index in [0.29, 0.717) is 6.54 Å². The van der Waals surface area contributed by atoms with Gasteiger partial charge in [-0.15, -0.1) is 0 Å². The number of morpholine rings is 1. The number of nitrogens with zero attached hydrogens (tertiary/aromatic N) is 1. The minimum absolute atomic E-state index is 0.438. The monoisotopic (exact) mass is 259 g/mol. The average Bonchev–Trinajstić information content (AvgIpc) is 2.35. The molecule has 7 nitrogen and oxygen atoms in total. The molecule has 1 saturated heterocycles. The van der Waals surface area contributed by atoms with Crippen molar-refractivity contribution in [1.82, 2.24) is 15.5 Å². The molecule has 1 aliphatic rings. The molecule has 1 rings (SSSR count). The van der Waals surface area contributed by atoms with Gasteiger partial charge in [0.25, 0.3) is 0 Å². The Labute approximate surface area is 106 Å². The molecule has 1 aliphatic heterocycles. The van der Waals surface area contributed by atoms with Crippen LogP contribution in [-0.2, 0) is 9.53 Å². The molecule has 0 aromatic rings. The predicted octanol–water partition coefficient (Wildman–Crippen LogP) is -0.519. The Morgan fingerprint density at radius 1 is 1.39 bits per heavy atom. The van der Waals surface area contributed by atoms with Crippen molar-refractivity contribution < 1.29 is 19.4 Å². The zero-order chi connectivity index (χ0) is 13.4. The second-order valence-corrected chi connectivity index (χ2v) is 4.27. The van der Waals surface area contributed by atoms with Crippen molar-refractivity contribution in [2.75, 3.05) is 39.4 Å². The number of hydrogen-bond donors (Lipinski definition) is 3. The second-order valence-electron chi connectivity index (χ2n) is 4.27. The van der Waals surface area contributed by atoms with E-state index < -0.39 is 18.0 Å². The zero-order valence-electron chi connectivity index (χ0n) is 10.6. The summed E-state index contributed by atoms with van der Waals surface area (Å²) >= 11 is 0. The number of ether oxygens (including phenoxy) is 1. The van der Waals surface area contributed by atoms with E-state index in [1.54, 1.807) is 0 Å². The first-order chi connectivity index (χ1) is 8.59. The molecule has 0 spiro atoms. The quantitative estimate of drug-likeness (QED) is 0.558. The Hall–Kier alpha value is -1.34. The van der Waals surface area contributed by atoms with Crippen molar-refractivity contribution in [2.24, 2.45) is 0 Å². The molecule has 1 heterocycles. The normalized spacial score (nSPS) is 18.1. The molecule has 0 saturated carbocycles. The molecule has 0 radical (unpaired) electrons. The van der Waals surface area contributed by atoms with Crippen LogP contribution in [-0.4, -0.2) is 67.4 Å². The van der Waals surface area contributed by atoms with E-state index in [-0.39, 0.29) is 0 Å². The summed E-state index contributed by atoms with van der Waals surface area (Å²) in [4.78, 5) is 24.1. The lowest BCUT2D eigenvalue weighted by Crippen LogP contribution is -2.45. The summed E-state index contributed by atoms with van der Waals surface area (Å²) in [5.41, 5.74) is 0. The van der Waals surface area contributed by atoms with Crippen molar-refractivity contribution in [2.45, 2.75) is 19.4 Å². The van der Waals surface area contributed by atoms with Gasteiger partial charge in [-0.05, 0) is 19.9 Å². The fourth-order valence-corrected chi connectivity index (χ4v) is 1.64. The van der Waals surface area contributed by atoms with Crippen LogP contribution in [0.3, 0.4) is 0 Å². The summed E-state index contributed by atoms with van der Waals surface area (Å²) < 4.78 is 5.23. The molecular weight excluding hydrogens is 238 g/mol. The Kier molecular flexibility index (Phi) is 6.45. The van der Waals surface area contributed by atoms with Crippen LogP contribution < -0.4 is 10.6 Å². The number of nitrogens with one attached hydrogen (secondary N) is 2. The number of carboxylic acids is 1. The maximum absolute atomic E-state index is 11.3. The molecule has 7 heteroatoms. The van der Waals surface area contributed by atoms with E-state index in [4.69, 9.17) is 9.84 Å². The van der Waals surface area contributed by atoms with Crippen molar-refractivity contribution in [3.63, 3.8) is 0 Å². The van der Waals surface area contributed by atoms with E-state index >= 15 is 0 Å². The zero-order valence-corrected chi connectivity index (χ0v) is 10.6. The largest absolute Gasteiger partial charge is 0.480 e. The standard InChI is InChI=1S/C11H21N3O4/c1-9(10(15)16)13-11(17)12-3-2-4-14-5-7-18-8-6-14/h9H,2-8H2,1H3,(H,15,16)(H2,12,13,17)/t9-/m1/s1. The Morgan fingerprint density at radius 2 is 2.06 bits per heavy atom. The smallest absolute Gasteiger partial charge is 0.325 e. The van der Waals surface area contributed by atoms with Crippen molar-refractivity contribution in [3.05, 3.63) is 0 Å². The molecule has 2 amide bonds. The molecule has 1 fully saturated rings. The summed E-state index contributed by atoms with van der Waals surface area (Å²) in [7, 11) is 0. The minimum atomic E-state index is -1.04. The highest BCUT2D eigenvalue weighted by Gasteiger charge is 2.13. The van der Waals surface area contributed by atoms with E-state index in [1.165, 1.54) is 6.92 Å². The highest BCUT2D eigenvalue weighted by molar-refractivity contribution is 5.82. The van der Waals surface area contributed by atoms with E-state index in [2.05, 4.69) is 15.5 Å². The maximum Gasteiger partial charge on any atom is 0.325 e. The van der Waals surface area contributed by atoms with Crippen LogP contribution in [0.2, 0.25) is 0 Å². The number of carbonyl (C=O) groups is 2. The van der Waals surface area contributed by atoms with Crippen LogP contribution >= 0.6 is 0 Å². The van der Waals surface area contributed by atoms with Crippen molar-refractivity contribution in [3.8, 4) is 0 Å². The number of rotatable bonds is 6. The van der Waals surface area contributed by atoms with E-state index in [9.17, 15) is 9.59 Å². The van der Waals surface area contributed by atoms with Gasteiger partial charge in [0, 0.05) is 19.6 Å². The first kappa shape index (κ1) is 14.7. The fourth-order valence-electron chi connectivity index (χ4n) is 1.64. The van der Waals surface area contributed by atoms with Gasteiger partial charge in [0.1, 0.15) is 6.04 Å². The average molecular weight is 259 g/mol. The Balaban J connectivity index is 2.03. The molecule has 0 aliphatic carbocycles. The van der Waals surface area contributed by atoms with Gasteiger partial charge in [-0.2, -0.15) is 0 Å². The highest BCUT2D eigenvalue weighted by atomic mass is 16.5. The number of hydrogen-bond acceptors (Lipinski definition) is 4. The first-order valence-electron chi connectivity index (χ1n) is 6.17. The van der Waals surface area contributed by atoms with Gasteiger partial charge < -0.3 is 20.5 Å². The summed E-state index contributed by atoms with van der Waals surface area (Å²) in [5, 5.41) is 13.6. The SMILES string of the molecule is C[C@@H](NC(=O)NCCCN1CCOCC1)C(=O)O. The summed E-state index contributed by atoms with van der Waals surface area (Å²) in [6.07, 6.45) is 0.842. The molecule has 3 N–H and O–H groups in total. The van der Waals surface area contributed by atoms with Crippen LogP contribution in [0.5, 0.6) is 0 Å². The molecule has 18 heavy (non-hydrogen) atoms. The van der Waals surface area contributed by atoms with Crippen LogP contribution in [0.1, 0.15) is 13.3 Å². The van der Waals surface area contributed by atoms with Gasteiger partial charge in [0.15, 0.2) is 0 Å². The number of urea groups is 1. The fraction of sp³-hybridized carbons (Fsp3) is 0.818. The van der Waals surface area contributed by atoms with Crippen LogP contribution in [0, 0.1) is 0 Å². The van der Waals surface area contributed by atoms with Crippen molar-refractivity contribution in [1.29, 1.82) is 0 Å². The lowest BCUT2D eigenvalue weighted by Gasteiger charge is -2.26. The van der Waals surface area contributed by atoms with Crippen molar-refractivity contribution >= 4 is 12.0 Å². The summed E-state index contributed by atoms with van der Waals surface area (Å²) in [6.45, 7) is 6.28. The number of carbonyl (C=O) groups excluding carboxylic acids is 1. The lowest BCUT2D eigenvalue weighted by atomic mass is 10.3. The predicted molar refractivity (Wildman–Crippen MR) is 65.5 cm³/mol. The van der Waals surface area contributed by atoms with Gasteiger partial charge in [0.05, 0.1) is 13.2 Å². The van der Waals surface area contributed by atoms with E-state index in [1.807, 2.05) is 0 Å². The van der Waals surface area contributed by atoms with E-state index in [0.717, 1.165) is 39.3 Å². The van der Waals surface area contributed by atoms with Crippen LogP contribution in [0.4, 0.5) is 4.79 Å². The first-order valence-corrected chi connectivity index (χ1v) is 6.17. The number of amides is 2. The van der Waals surface area contributed by atoms with Gasteiger partial charge >= 0.3 is 12.0 Å². The molecule has 104 valence electrons. The lowest BCUT2D eigenvalue weighted by molar-refractivity contribution is -0.138. The summed E-state index contributed by atoms with van der Waals surface area (Å²) in [5.74, 6) is -1.04. The second kappa shape index (κ2) is 7.88. The summed E-state index contributed by atoms with van der Waals surface area (Å²) in [6, 6.07) is -1.31. The Morgan fingerprint density at radius 3 is 2.67 bits per heavy atom. The van der Waals surface area contributed by atoms with Crippen LogP contribution in [0.15, 0.2) is 0 Å². The molecule has 0 aromatic heterocycles. The third kappa shape index (κ3) is 5.83. The number of aliphatic carboxylic acids is 1. The highest BCUT2D eigenvalue weighted by Crippen LogP contribution is 1.97. The number of carboxylic acid groups (broad SMARTS) is 1. The molecule has 1 atom stereocenters. The third-order valence-corrected chi connectivity index (χ3v) is 2.76. The van der Waals surface area contributed by atoms with Gasteiger partial charge in [-0.3, -0.25) is 9.69 Å².